The molecule has 0 aromatic rings. The number of carbonyl (C=O) groups excluding carboxylic acids is 3. The summed E-state index contributed by atoms with van der Waals surface area (Å²) < 4.78 is 17.0. The molecule has 0 rings (SSSR count). The van der Waals surface area contributed by atoms with Crippen LogP contribution in [-0.4, -0.2) is 37.2 Å². The number of carbonyl (C=O) groups is 3. The van der Waals surface area contributed by atoms with Crippen molar-refractivity contribution in [3.05, 3.63) is 122 Å². The number of rotatable bonds is 63. The molecule has 0 aliphatic heterocycles. The molecule has 6 heteroatoms. The van der Waals surface area contributed by atoms with Crippen LogP contribution in [0.15, 0.2) is 122 Å². The van der Waals surface area contributed by atoms with E-state index in [-0.39, 0.29) is 31.1 Å². The van der Waals surface area contributed by atoms with E-state index in [4.69, 9.17) is 14.2 Å². The van der Waals surface area contributed by atoms with Crippen LogP contribution in [0.3, 0.4) is 0 Å². The fraction of sp³-hybridized carbons (Fsp3) is 0.701. The first-order valence-corrected chi connectivity index (χ1v) is 35.0. The van der Waals surface area contributed by atoms with Crippen LogP contribution in [0.2, 0.25) is 0 Å². The lowest BCUT2D eigenvalue weighted by molar-refractivity contribution is -0.167. The zero-order chi connectivity index (χ0) is 59.9. The van der Waals surface area contributed by atoms with Gasteiger partial charge in [-0.05, 0) is 135 Å². The molecular formula is C77H130O6. The van der Waals surface area contributed by atoms with E-state index in [2.05, 4.69) is 142 Å². The highest BCUT2D eigenvalue weighted by atomic mass is 16.6. The Balaban J connectivity index is 4.43. The minimum absolute atomic E-state index is 0.0910. The summed E-state index contributed by atoms with van der Waals surface area (Å²) in [6.07, 6.45) is 97.8. The summed E-state index contributed by atoms with van der Waals surface area (Å²) in [4.78, 5) is 38.5. The molecule has 0 amide bonds. The quantitative estimate of drug-likeness (QED) is 0.0261. The first-order valence-electron chi connectivity index (χ1n) is 35.0. The Kier molecular flexibility index (Phi) is 66.7. The van der Waals surface area contributed by atoms with Gasteiger partial charge in [0.15, 0.2) is 6.10 Å². The predicted octanol–water partition coefficient (Wildman–Crippen LogP) is 24.3. The van der Waals surface area contributed by atoms with Crippen molar-refractivity contribution in [3.63, 3.8) is 0 Å². The van der Waals surface area contributed by atoms with E-state index in [9.17, 15) is 14.4 Å². The summed E-state index contributed by atoms with van der Waals surface area (Å²) >= 11 is 0. The van der Waals surface area contributed by atoms with Gasteiger partial charge in [0.1, 0.15) is 13.2 Å². The second-order valence-electron chi connectivity index (χ2n) is 23.1. The van der Waals surface area contributed by atoms with E-state index in [1.807, 2.05) is 0 Å². The first-order chi connectivity index (χ1) is 41.0. The van der Waals surface area contributed by atoms with Gasteiger partial charge in [0.05, 0.1) is 0 Å². The highest BCUT2D eigenvalue weighted by molar-refractivity contribution is 5.71. The zero-order valence-corrected chi connectivity index (χ0v) is 54.4. The minimum Gasteiger partial charge on any atom is -0.462 e. The van der Waals surface area contributed by atoms with Crippen LogP contribution in [0, 0.1) is 0 Å². The molecule has 0 bridgehead atoms. The van der Waals surface area contributed by atoms with E-state index in [0.717, 1.165) is 128 Å². The molecule has 0 aromatic carbocycles. The summed E-state index contributed by atoms with van der Waals surface area (Å²) in [5.41, 5.74) is 0. The van der Waals surface area contributed by atoms with Crippen LogP contribution in [-0.2, 0) is 28.6 Å². The normalized spacial score (nSPS) is 12.9. The summed E-state index contributed by atoms with van der Waals surface area (Å²) in [7, 11) is 0. The Hall–Kier alpha value is -4.19. The predicted molar refractivity (Wildman–Crippen MR) is 362 cm³/mol. The van der Waals surface area contributed by atoms with E-state index in [0.29, 0.717) is 19.3 Å². The van der Waals surface area contributed by atoms with Crippen LogP contribution < -0.4 is 0 Å². The molecular weight excluding hydrogens is 1020 g/mol. The van der Waals surface area contributed by atoms with E-state index in [1.54, 1.807) is 0 Å². The topological polar surface area (TPSA) is 78.9 Å². The molecule has 0 fully saturated rings. The minimum atomic E-state index is -0.798. The SMILES string of the molecule is CC/C=C\C/C=C\C/C=C\C/C=C\C/C=C\CCCCCCCC(=O)OC(COC(=O)CCCCCCCCCCC/C=C\C/C=C\CCCCC)COC(=O)CCCCCCCCCCCC/C=C\C/C=C\C/C=C\CCCCCCC. The van der Waals surface area contributed by atoms with Crippen LogP contribution in [0.5, 0.6) is 0 Å². The van der Waals surface area contributed by atoms with Gasteiger partial charge in [-0.1, -0.05) is 296 Å². The Morgan fingerprint density at radius 1 is 0.253 bits per heavy atom. The largest absolute Gasteiger partial charge is 0.462 e. The van der Waals surface area contributed by atoms with Crippen molar-refractivity contribution in [1.29, 1.82) is 0 Å². The second kappa shape index (κ2) is 70.3. The van der Waals surface area contributed by atoms with Crippen molar-refractivity contribution in [3.8, 4) is 0 Å². The molecule has 6 nitrogen and oxygen atoms in total. The lowest BCUT2D eigenvalue weighted by Gasteiger charge is -2.18. The van der Waals surface area contributed by atoms with Gasteiger partial charge in [0.25, 0.3) is 0 Å². The number of unbranched alkanes of at least 4 members (excludes halogenated alkanes) is 32. The number of hydrogen-bond acceptors (Lipinski definition) is 6. The lowest BCUT2D eigenvalue weighted by atomic mass is 10.1. The molecule has 0 saturated carbocycles. The standard InChI is InChI=1S/C77H130O6/c1-4-7-10-13-16-19-22-25-28-31-34-36-37-38-39-41-43-46-49-52-55-58-61-64-67-70-76(79)82-73-74(72-81-75(78)69-66-63-60-57-54-51-48-45-42-33-30-27-24-21-18-15-12-9-6-3)83-77(80)71-68-65-62-59-56-53-50-47-44-40-35-32-29-26-23-20-17-14-11-8-5-2/h8,11,17-18,20-22,25-27,29-31,34-35,37-38,40,47,50,74H,4-7,9-10,12-16,19,23-24,28,32-33,36,39,41-46,48-49,51-73H2,1-3H3/b11-8-,20-17-,21-18-,25-22-,29-26-,30-27-,34-31-,38-37-,40-35-,50-47-. The monoisotopic (exact) mass is 1150 g/mol. The fourth-order valence-corrected chi connectivity index (χ4v) is 9.68. The van der Waals surface area contributed by atoms with Crippen molar-refractivity contribution < 1.29 is 28.6 Å². The highest BCUT2D eigenvalue weighted by Gasteiger charge is 2.19. The summed E-state index contributed by atoms with van der Waals surface area (Å²) in [6.45, 7) is 6.50. The molecule has 0 saturated heterocycles. The third kappa shape index (κ3) is 68.5. The van der Waals surface area contributed by atoms with Crippen molar-refractivity contribution in [2.24, 2.45) is 0 Å². The van der Waals surface area contributed by atoms with Gasteiger partial charge in [-0.3, -0.25) is 14.4 Å². The molecule has 0 aromatic heterocycles. The van der Waals surface area contributed by atoms with Gasteiger partial charge < -0.3 is 14.2 Å². The van der Waals surface area contributed by atoms with Crippen molar-refractivity contribution >= 4 is 17.9 Å². The van der Waals surface area contributed by atoms with Gasteiger partial charge in [-0.25, -0.2) is 0 Å². The smallest absolute Gasteiger partial charge is 0.306 e. The molecule has 0 aliphatic carbocycles. The van der Waals surface area contributed by atoms with Gasteiger partial charge in [0, 0.05) is 19.3 Å². The molecule has 0 radical (unpaired) electrons. The summed E-state index contributed by atoms with van der Waals surface area (Å²) in [6, 6.07) is 0. The molecule has 1 atom stereocenters. The molecule has 1 unspecified atom stereocenters. The highest BCUT2D eigenvalue weighted by Crippen LogP contribution is 2.16. The third-order valence-electron chi connectivity index (χ3n) is 14.9. The van der Waals surface area contributed by atoms with Crippen LogP contribution in [0.25, 0.3) is 0 Å². The Bertz CT molecular complexity index is 1700. The molecule has 0 heterocycles. The third-order valence-corrected chi connectivity index (χ3v) is 14.9. The molecule has 0 aliphatic rings. The molecule has 0 N–H and O–H groups in total. The molecule has 0 spiro atoms. The zero-order valence-electron chi connectivity index (χ0n) is 54.4. The number of hydrogen-bond donors (Lipinski definition) is 0. The van der Waals surface area contributed by atoms with Gasteiger partial charge in [0.2, 0.25) is 0 Å². The van der Waals surface area contributed by atoms with Crippen LogP contribution >= 0.6 is 0 Å². The van der Waals surface area contributed by atoms with Gasteiger partial charge >= 0.3 is 17.9 Å². The van der Waals surface area contributed by atoms with Crippen molar-refractivity contribution in [1.82, 2.24) is 0 Å². The molecule has 83 heavy (non-hydrogen) atoms. The maximum absolute atomic E-state index is 13.0. The average Bonchev–Trinajstić information content (AvgIpc) is 3.50. The summed E-state index contributed by atoms with van der Waals surface area (Å²) in [5, 5.41) is 0. The maximum Gasteiger partial charge on any atom is 0.306 e. The Morgan fingerprint density at radius 3 is 0.759 bits per heavy atom. The van der Waals surface area contributed by atoms with E-state index >= 15 is 0 Å². The summed E-state index contributed by atoms with van der Waals surface area (Å²) in [5.74, 6) is -0.907. The van der Waals surface area contributed by atoms with Gasteiger partial charge in [-0.2, -0.15) is 0 Å². The van der Waals surface area contributed by atoms with Crippen LogP contribution in [0.1, 0.15) is 329 Å². The van der Waals surface area contributed by atoms with Crippen molar-refractivity contribution in [2.75, 3.05) is 13.2 Å². The maximum atomic E-state index is 13.0. The number of allylic oxidation sites excluding steroid dienone is 20. The van der Waals surface area contributed by atoms with Crippen molar-refractivity contribution in [2.45, 2.75) is 335 Å². The van der Waals surface area contributed by atoms with Gasteiger partial charge in [-0.15, -0.1) is 0 Å². The van der Waals surface area contributed by atoms with E-state index < -0.39 is 6.10 Å². The number of esters is 3. The molecule has 474 valence electrons. The first kappa shape index (κ1) is 78.8. The van der Waals surface area contributed by atoms with E-state index in [1.165, 1.54) is 161 Å². The Labute approximate surface area is 513 Å². The second-order valence-corrected chi connectivity index (χ2v) is 23.1. The Morgan fingerprint density at radius 2 is 0.470 bits per heavy atom. The number of ether oxygens (including phenoxy) is 3. The van der Waals surface area contributed by atoms with Crippen LogP contribution in [0.4, 0.5) is 0 Å². The average molecular weight is 1150 g/mol. The lowest BCUT2D eigenvalue weighted by Crippen LogP contribution is -2.30. The fourth-order valence-electron chi connectivity index (χ4n) is 9.68.